The molecule has 0 bridgehead atoms. The molecule has 0 fully saturated rings. The number of ether oxygens (including phenoxy) is 1. The Morgan fingerprint density at radius 2 is 1.81 bits per heavy atom. The zero-order chi connectivity index (χ0) is 21.9. The molecule has 1 amide bonds. The van der Waals surface area contributed by atoms with Gasteiger partial charge in [0, 0.05) is 17.8 Å². The fourth-order valence-corrected chi connectivity index (χ4v) is 4.41. The molecule has 5 rings (SSSR count). The van der Waals surface area contributed by atoms with Gasteiger partial charge in [-0.25, -0.2) is 4.79 Å². The van der Waals surface area contributed by atoms with E-state index in [4.69, 9.17) is 4.74 Å². The predicted octanol–water partition coefficient (Wildman–Crippen LogP) is 5.81. The van der Waals surface area contributed by atoms with Crippen molar-refractivity contribution < 1.29 is 9.53 Å². The van der Waals surface area contributed by atoms with E-state index in [1.54, 1.807) is 0 Å². The number of fused-ring (bicyclic) bond motifs is 4. The Kier molecular flexibility index (Phi) is 5.46. The Morgan fingerprint density at radius 3 is 2.56 bits per heavy atom. The van der Waals surface area contributed by atoms with Crippen LogP contribution in [0.3, 0.4) is 0 Å². The molecule has 0 atom stereocenters. The van der Waals surface area contributed by atoms with Crippen molar-refractivity contribution in [1.82, 2.24) is 15.5 Å². The number of carbonyl (C=O) groups is 1. The average Bonchev–Trinajstić information content (AvgIpc) is 3.39. The van der Waals surface area contributed by atoms with Crippen molar-refractivity contribution >= 4 is 23.1 Å². The van der Waals surface area contributed by atoms with Gasteiger partial charge in [0.25, 0.3) is 0 Å². The number of nitrogens with one attached hydrogen (secondary N) is 2. The number of rotatable bonds is 6. The molecule has 5 nitrogen and oxygen atoms in total. The number of aromatic amines is 1. The lowest BCUT2D eigenvalue weighted by Crippen LogP contribution is -2.26. The van der Waals surface area contributed by atoms with Crippen LogP contribution in [0.15, 0.2) is 72.9 Å². The summed E-state index contributed by atoms with van der Waals surface area (Å²) < 4.78 is 5.58. The second kappa shape index (κ2) is 8.71. The lowest BCUT2D eigenvalue weighted by molar-refractivity contribution is 0.143. The Bertz CT molecular complexity index is 1260. The van der Waals surface area contributed by atoms with Crippen LogP contribution in [0.2, 0.25) is 0 Å². The first-order valence-electron chi connectivity index (χ1n) is 10.9. The van der Waals surface area contributed by atoms with Crippen LogP contribution < -0.4 is 5.32 Å². The maximum Gasteiger partial charge on any atom is 0.407 e. The van der Waals surface area contributed by atoms with Crippen molar-refractivity contribution in [2.75, 3.05) is 13.2 Å². The molecule has 0 saturated heterocycles. The monoisotopic (exact) mass is 423 g/mol. The van der Waals surface area contributed by atoms with Crippen LogP contribution in [0.25, 0.3) is 28.1 Å². The summed E-state index contributed by atoms with van der Waals surface area (Å²) in [5.74, 6) is 0.0776. The molecule has 1 heterocycles. The van der Waals surface area contributed by atoms with E-state index in [0.717, 1.165) is 22.9 Å². The molecular weight excluding hydrogens is 398 g/mol. The number of aryl methyl sites for hydroxylation is 1. The van der Waals surface area contributed by atoms with E-state index in [2.05, 4.69) is 71.0 Å². The number of alkyl carbamates (subject to hydrolysis) is 1. The molecule has 160 valence electrons. The van der Waals surface area contributed by atoms with E-state index >= 15 is 0 Å². The largest absolute Gasteiger partial charge is 0.449 e. The molecule has 5 heteroatoms. The fraction of sp³-hybridized carbons (Fsp3) is 0.185. The molecule has 0 spiro atoms. The van der Waals surface area contributed by atoms with Gasteiger partial charge in [-0.05, 0) is 58.9 Å². The number of hydrogen-bond acceptors (Lipinski definition) is 3. The van der Waals surface area contributed by atoms with E-state index < -0.39 is 0 Å². The Morgan fingerprint density at radius 1 is 1.09 bits per heavy atom. The summed E-state index contributed by atoms with van der Waals surface area (Å²) in [6.07, 6.45) is 6.33. The Labute approximate surface area is 187 Å². The van der Waals surface area contributed by atoms with Crippen molar-refractivity contribution in [2.24, 2.45) is 0 Å². The van der Waals surface area contributed by atoms with Gasteiger partial charge in [-0.3, -0.25) is 5.10 Å². The summed E-state index contributed by atoms with van der Waals surface area (Å²) in [6.45, 7) is 2.94. The molecule has 1 aromatic heterocycles. The maximum absolute atomic E-state index is 12.3. The number of nitrogens with zero attached hydrogens (tertiary/aromatic N) is 1. The summed E-state index contributed by atoms with van der Waals surface area (Å²) in [5.41, 5.74) is 8.26. The van der Waals surface area contributed by atoms with E-state index in [1.807, 2.05) is 30.5 Å². The highest BCUT2D eigenvalue weighted by Crippen LogP contribution is 2.44. The summed E-state index contributed by atoms with van der Waals surface area (Å²) in [7, 11) is 0. The second-order valence-corrected chi connectivity index (χ2v) is 8.11. The number of H-pyrrole nitrogens is 1. The normalized spacial score (nSPS) is 12.8. The fourth-order valence-electron chi connectivity index (χ4n) is 4.41. The lowest BCUT2D eigenvalue weighted by Gasteiger charge is -2.14. The number of aromatic nitrogens is 2. The van der Waals surface area contributed by atoms with Crippen LogP contribution in [-0.2, 0) is 4.74 Å². The molecular formula is C27H25N3O2. The van der Waals surface area contributed by atoms with Crippen LogP contribution >= 0.6 is 0 Å². The van der Waals surface area contributed by atoms with Crippen LogP contribution in [0.5, 0.6) is 0 Å². The SMILES string of the molecule is Cc1cc2[nH]ncc2cc1C=CCCNC(=O)OCC1c2ccccc2-c2ccccc21. The van der Waals surface area contributed by atoms with Crippen LogP contribution in [0.1, 0.15) is 34.6 Å². The topological polar surface area (TPSA) is 67.0 Å². The summed E-state index contributed by atoms with van der Waals surface area (Å²) in [5, 5.41) is 11.0. The van der Waals surface area contributed by atoms with E-state index in [9.17, 15) is 4.79 Å². The molecule has 0 saturated carbocycles. The molecule has 1 aliphatic carbocycles. The molecule has 1 aliphatic rings. The van der Waals surface area contributed by atoms with Crippen molar-refractivity contribution in [3.63, 3.8) is 0 Å². The van der Waals surface area contributed by atoms with Crippen LogP contribution in [0, 0.1) is 6.92 Å². The standard InChI is InChI=1S/C27H25N3O2/c1-18-14-26-20(16-29-30-26)15-19(18)8-6-7-13-28-27(31)32-17-25-23-11-4-2-9-21(23)22-10-3-5-12-24(22)25/h2-6,8-12,14-16,25H,7,13,17H2,1H3,(H,28,31)(H,29,30). The minimum Gasteiger partial charge on any atom is -0.449 e. The third kappa shape index (κ3) is 3.89. The Balaban J connectivity index is 1.13. The van der Waals surface area contributed by atoms with Gasteiger partial charge < -0.3 is 10.1 Å². The minimum atomic E-state index is -0.378. The van der Waals surface area contributed by atoms with Crippen LogP contribution in [0.4, 0.5) is 4.79 Å². The van der Waals surface area contributed by atoms with Gasteiger partial charge in [0.1, 0.15) is 6.61 Å². The van der Waals surface area contributed by atoms with Crippen molar-refractivity contribution in [3.8, 4) is 11.1 Å². The average molecular weight is 424 g/mol. The first kappa shape index (κ1) is 20.1. The van der Waals surface area contributed by atoms with Crippen LogP contribution in [-0.4, -0.2) is 29.4 Å². The highest BCUT2D eigenvalue weighted by molar-refractivity contribution is 5.82. The first-order valence-corrected chi connectivity index (χ1v) is 10.9. The van der Waals surface area contributed by atoms with E-state index in [-0.39, 0.29) is 12.0 Å². The number of amides is 1. The number of benzene rings is 3. The maximum atomic E-state index is 12.3. The van der Waals surface area contributed by atoms with Crippen molar-refractivity contribution in [3.05, 3.63) is 95.2 Å². The molecule has 4 aromatic rings. The van der Waals surface area contributed by atoms with Gasteiger partial charge in [-0.1, -0.05) is 60.7 Å². The van der Waals surface area contributed by atoms with Gasteiger partial charge in [0.05, 0.1) is 11.7 Å². The Hall–Kier alpha value is -3.86. The smallest absolute Gasteiger partial charge is 0.407 e. The van der Waals surface area contributed by atoms with Gasteiger partial charge in [-0.15, -0.1) is 0 Å². The molecule has 0 radical (unpaired) electrons. The first-order chi connectivity index (χ1) is 15.7. The molecule has 3 aromatic carbocycles. The third-order valence-electron chi connectivity index (χ3n) is 6.05. The zero-order valence-electron chi connectivity index (χ0n) is 18.0. The third-order valence-corrected chi connectivity index (χ3v) is 6.05. The quantitative estimate of drug-likeness (QED) is 0.384. The van der Waals surface area contributed by atoms with E-state index in [1.165, 1.54) is 27.8 Å². The molecule has 2 N–H and O–H groups in total. The van der Waals surface area contributed by atoms with E-state index in [0.29, 0.717) is 13.2 Å². The minimum absolute atomic E-state index is 0.0776. The van der Waals surface area contributed by atoms with Gasteiger partial charge >= 0.3 is 6.09 Å². The predicted molar refractivity (Wildman–Crippen MR) is 128 cm³/mol. The lowest BCUT2D eigenvalue weighted by atomic mass is 9.98. The molecule has 0 unspecified atom stereocenters. The van der Waals surface area contributed by atoms with Crippen molar-refractivity contribution in [2.45, 2.75) is 19.3 Å². The highest BCUT2D eigenvalue weighted by atomic mass is 16.5. The van der Waals surface area contributed by atoms with Gasteiger partial charge in [0.15, 0.2) is 0 Å². The molecule has 0 aliphatic heterocycles. The zero-order valence-corrected chi connectivity index (χ0v) is 18.0. The summed E-state index contributed by atoms with van der Waals surface area (Å²) in [4.78, 5) is 12.3. The van der Waals surface area contributed by atoms with Crippen molar-refractivity contribution in [1.29, 1.82) is 0 Å². The molecule has 32 heavy (non-hydrogen) atoms. The van der Waals surface area contributed by atoms with Gasteiger partial charge in [0.2, 0.25) is 0 Å². The summed E-state index contributed by atoms with van der Waals surface area (Å²) >= 11 is 0. The number of carbonyl (C=O) groups excluding carboxylic acids is 1. The number of hydrogen-bond donors (Lipinski definition) is 2. The second-order valence-electron chi connectivity index (χ2n) is 8.11. The highest BCUT2D eigenvalue weighted by Gasteiger charge is 2.28. The summed E-state index contributed by atoms with van der Waals surface area (Å²) in [6, 6.07) is 20.9. The van der Waals surface area contributed by atoms with Gasteiger partial charge in [-0.2, -0.15) is 5.10 Å².